The summed E-state index contributed by atoms with van der Waals surface area (Å²) >= 11 is 6.15. The summed E-state index contributed by atoms with van der Waals surface area (Å²) in [4.78, 5) is 12.5. The number of aryl methyl sites for hydroxylation is 2. The lowest BCUT2D eigenvalue weighted by molar-refractivity contribution is -0.160. The molecular formula is C25H28ClNO4. The van der Waals surface area contributed by atoms with Gasteiger partial charge in [0.05, 0.1) is 17.7 Å². The molecule has 4 rings (SSSR count). The van der Waals surface area contributed by atoms with Crippen molar-refractivity contribution in [3.05, 3.63) is 52.2 Å². The van der Waals surface area contributed by atoms with Crippen molar-refractivity contribution in [2.75, 3.05) is 6.61 Å². The zero-order chi connectivity index (χ0) is 22.5. The summed E-state index contributed by atoms with van der Waals surface area (Å²) in [5, 5.41) is 11.8. The lowest BCUT2D eigenvalue weighted by Gasteiger charge is -2.29. The van der Waals surface area contributed by atoms with E-state index in [-0.39, 0.29) is 0 Å². The zero-order valence-corrected chi connectivity index (χ0v) is 19.3. The highest BCUT2D eigenvalue weighted by molar-refractivity contribution is 6.30. The third-order valence-electron chi connectivity index (χ3n) is 5.67. The van der Waals surface area contributed by atoms with E-state index in [9.17, 15) is 9.90 Å². The summed E-state index contributed by atoms with van der Waals surface area (Å²) in [7, 11) is 0. The molecule has 1 aliphatic rings. The molecule has 0 unspecified atom stereocenters. The number of hydrogen-bond acceptors (Lipinski definition) is 3. The first kappa shape index (κ1) is 21.7. The van der Waals surface area contributed by atoms with Crippen LogP contribution in [0.25, 0.3) is 22.0 Å². The van der Waals surface area contributed by atoms with E-state index in [2.05, 4.69) is 17.6 Å². The van der Waals surface area contributed by atoms with Gasteiger partial charge in [-0.05, 0) is 70.4 Å². The number of benzene rings is 2. The van der Waals surface area contributed by atoms with Crippen molar-refractivity contribution in [1.82, 2.24) is 4.57 Å². The molecule has 1 N–H and O–H groups in total. The second kappa shape index (κ2) is 7.88. The van der Waals surface area contributed by atoms with Gasteiger partial charge < -0.3 is 19.1 Å². The molecule has 0 amide bonds. The fourth-order valence-corrected chi connectivity index (χ4v) is 4.57. The minimum atomic E-state index is -1.14. The molecular weight excluding hydrogens is 414 g/mol. The van der Waals surface area contributed by atoms with Gasteiger partial charge in [0.25, 0.3) is 0 Å². The van der Waals surface area contributed by atoms with Crippen LogP contribution in [0, 0.1) is 13.8 Å². The standard InChI is InChI=1S/C25H28ClNO4/c1-14-13-18-20(16-7-9-17(26)10-8-16)19(23(24(28)29)31-25(3,4)5)15(2)22-21(18)27(14)11-6-12-30-22/h7-10,13,23H,6,11-12H2,1-5H3,(H,28,29)/t23-/m0/s1. The van der Waals surface area contributed by atoms with Gasteiger partial charge >= 0.3 is 5.97 Å². The van der Waals surface area contributed by atoms with Crippen LogP contribution in [-0.2, 0) is 16.1 Å². The van der Waals surface area contributed by atoms with Crippen LogP contribution >= 0.6 is 11.6 Å². The summed E-state index contributed by atoms with van der Waals surface area (Å²) in [6, 6.07) is 9.64. The van der Waals surface area contributed by atoms with Crippen LogP contribution in [0.5, 0.6) is 5.75 Å². The Morgan fingerprint density at radius 1 is 1.23 bits per heavy atom. The van der Waals surface area contributed by atoms with Crippen molar-refractivity contribution < 1.29 is 19.4 Å². The molecule has 0 radical (unpaired) electrons. The minimum absolute atomic E-state index is 0.592. The quantitative estimate of drug-likeness (QED) is 0.516. The lowest BCUT2D eigenvalue weighted by atomic mass is 9.88. The van der Waals surface area contributed by atoms with Gasteiger partial charge in [0.15, 0.2) is 6.10 Å². The van der Waals surface area contributed by atoms with E-state index < -0.39 is 17.7 Å². The molecule has 1 atom stereocenters. The van der Waals surface area contributed by atoms with Crippen molar-refractivity contribution in [3.63, 3.8) is 0 Å². The average molecular weight is 442 g/mol. The maximum absolute atomic E-state index is 12.5. The summed E-state index contributed by atoms with van der Waals surface area (Å²) in [6.45, 7) is 11.1. The van der Waals surface area contributed by atoms with Crippen LogP contribution in [0.15, 0.2) is 30.3 Å². The van der Waals surface area contributed by atoms with E-state index in [4.69, 9.17) is 21.1 Å². The van der Waals surface area contributed by atoms with E-state index in [0.29, 0.717) is 17.2 Å². The molecule has 0 aliphatic carbocycles. The molecule has 1 aliphatic heterocycles. The van der Waals surface area contributed by atoms with Gasteiger partial charge in [0.2, 0.25) is 0 Å². The number of aromatic nitrogens is 1. The molecule has 0 saturated carbocycles. The van der Waals surface area contributed by atoms with Gasteiger partial charge in [0.1, 0.15) is 5.75 Å². The molecule has 0 spiro atoms. The van der Waals surface area contributed by atoms with E-state index in [1.807, 2.05) is 52.0 Å². The van der Waals surface area contributed by atoms with Gasteiger partial charge in [-0.2, -0.15) is 0 Å². The summed E-state index contributed by atoms with van der Waals surface area (Å²) < 4.78 is 14.6. The van der Waals surface area contributed by atoms with E-state index >= 15 is 0 Å². The number of halogens is 1. The van der Waals surface area contributed by atoms with Crippen LogP contribution in [0.1, 0.15) is 50.1 Å². The molecule has 2 heterocycles. The van der Waals surface area contributed by atoms with Crippen molar-refractivity contribution in [2.24, 2.45) is 0 Å². The van der Waals surface area contributed by atoms with E-state index in [1.54, 1.807) is 0 Å². The van der Waals surface area contributed by atoms with Crippen molar-refractivity contribution >= 4 is 28.5 Å². The van der Waals surface area contributed by atoms with Crippen molar-refractivity contribution in [1.29, 1.82) is 0 Å². The second-order valence-electron chi connectivity index (χ2n) is 9.10. The fraction of sp³-hybridized carbons (Fsp3) is 0.400. The molecule has 5 nitrogen and oxygen atoms in total. The van der Waals surface area contributed by atoms with Crippen LogP contribution in [0.3, 0.4) is 0 Å². The normalized spacial score (nSPS) is 14.9. The molecule has 0 saturated heterocycles. The van der Waals surface area contributed by atoms with Gasteiger partial charge in [-0.15, -0.1) is 0 Å². The van der Waals surface area contributed by atoms with Gasteiger partial charge in [-0.25, -0.2) is 4.79 Å². The Labute approximate surface area is 187 Å². The Balaban J connectivity index is 2.14. The largest absolute Gasteiger partial charge is 0.491 e. The number of ether oxygens (including phenoxy) is 2. The number of aliphatic carboxylic acids is 1. The third-order valence-corrected chi connectivity index (χ3v) is 5.92. The number of carboxylic acid groups (broad SMARTS) is 1. The molecule has 1 aromatic heterocycles. The van der Waals surface area contributed by atoms with Gasteiger partial charge in [-0.1, -0.05) is 23.7 Å². The number of rotatable bonds is 4. The van der Waals surface area contributed by atoms with Crippen LogP contribution in [0.4, 0.5) is 0 Å². The highest BCUT2D eigenvalue weighted by Crippen LogP contribution is 2.47. The second-order valence-corrected chi connectivity index (χ2v) is 9.54. The van der Waals surface area contributed by atoms with Crippen LogP contribution < -0.4 is 4.74 Å². The molecule has 0 fully saturated rings. The predicted octanol–water partition coefficient (Wildman–Crippen LogP) is 6.30. The first-order valence-electron chi connectivity index (χ1n) is 10.5. The minimum Gasteiger partial charge on any atom is -0.491 e. The van der Waals surface area contributed by atoms with Gasteiger partial charge in [0, 0.05) is 33.8 Å². The first-order valence-corrected chi connectivity index (χ1v) is 10.9. The topological polar surface area (TPSA) is 60.7 Å². The van der Waals surface area contributed by atoms with Crippen molar-refractivity contribution in [2.45, 2.75) is 59.3 Å². The number of carboxylic acids is 1. The van der Waals surface area contributed by atoms with E-state index in [0.717, 1.165) is 52.0 Å². The first-order chi connectivity index (χ1) is 14.6. The fourth-order valence-electron chi connectivity index (χ4n) is 4.45. The van der Waals surface area contributed by atoms with Crippen molar-refractivity contribution in [3.8, 4) is 16.9 Å². The lowest BCUT2D eigenvalue weighted by Crippen LogP contribution is -2.28. The monoisotopic (exact) mass is 441 g/mol. The predicted molar refractivity (Wildman–Crippen MR) is 123 cm³/mol. The molecule has 164 valence electrons. The maximum Gasteiger partial charge on any atom is 0.337 e. The zero-order valence-electron chi connectivity index (χ0n) is 18.6. The highest BCUT2D eigenvalue weighted by atomic mass is 35.5. The molecule has 0 bridgehead atoms. The number of carbonyl (C=O) groups is 1. The summed E-state index contributed by atoms with van der Waals surface area (Å²) in [6.07, 6.45) is -0.243. The Morgan fingerprint density at radius 3 is 2.52 bits per heavy atom. The smallest absolute Gasteiger partial charge is 0.337 e. The SMILES string of the molecule is Cc1c([C@H](OC(C)(C)C)C(=O)O)c(-c2ccc(Cl)cc2)c2cc(C)n3c2c1OCCC3. The van der Waals surface area contributed by atoms with Crippen LogP contribution in [-0.4, -0.2) is 27.9 Å². The Kier molecular flexibility index (Phi) is 5.52. The molecule has 6 heteroatoms. The Hall–Kier alpha value is -2.50. The Morgan fingerprint density at radius 2 is 1.90 bits per heavy atom. The van der Waals surface area contributed by atoms with Crippen LogP contribution in [0.2, 0.25) is 5.02 Å². The third kappa shape index (κ3) is 3.92. The summed E-state index contributed by atoms with van der Waals surface area (Å²) in [5.74, 6) is -0.276. The maximum atomic E-state index is 12.5. The number of hydrogen-bond donors (Lipinski definition) is 1. The van der Waals surface area contributed by atoms with E-state index in [1.165, 1.54) is 0 Å². The molecule has 31 heavy (non-hydrogen) atoms. The van der Waals surface area contributed by atoms with Gasteiger partial charge in [-0.3, -0.25) is 0 Å². The number of nitrogens with zero attached hydrogens (tertiary/aromatic N) is 1. The summed E-state index contributed by atoms with van der Waals surface area (Å²) in [5.41, 5.74) is 4.69. The molecule has 3 aromatic rings. The average Bonchev–Trinajstić information content (AvgIpc) is 2.86. The molecule has 2 aromatic carbocycles. The Bertz CT molecular complexity index is 1160. The highest BCUT2D eigenvalue weighted by Gasteiger charge is 2.34.